The average molecular weight is 340 g/mol. The number of aryl methyl sites for hydroxylation is 2. The molecule has 3 rings (SSSR count). The summed E-state index contributed by atoms with van der Waals surface area (Å²) < 4.78 is 1.57. The van der Waals surface area contributed by atoms with Gasteiger partial charge in [-0.05, 0) is 18.4 Å². The van der Waals surface area contributed by atoms with Crippen molar-refractivity contribution >= 4 is 17.4 Å². The molecule has 0 radical (unpaired) electrons. The summed E-state index contributed by atoms with van der Waals surface area (Å²) in [6, 6.07) is 11.2. The number of carboxylic acids is 1. The highest BCUT2D eigenvalue weighted by Crippen LogP contribution is 2.11. The van der Waals surface area contributed by atoms with Gasteiger partial charge in [-0.1, -0.05) is 30.3 Å². The second-order valence-corrected chi connectivity index (χ2v) is 5.52. The molecular formula is C17H16N4O4. The predicted molar refractivity (Wildman–Crippen MR) is 89.6 cm³/mol. The quantitative estimate of drug-likeness (QED) is 0.608. The standard InChI is InChI=1S/C17H16N4O4/c22-14-8-12(7-6-11-4-2-1-3-5-11)21-13(9-19-20-21)16(14)17(25)18-10-15(23)24/h1-5,8-9,20H,6-7,10H2,(H,18,25)(H,23,24). The van der Waals surface area contributed by atoms with Crippen LogP contribution >= 0.6 is 0 Å². The second kappa shape index (κ2) is 7.00. The number of fused-ring (bicyclic) bond motifs is 1. The molecule has 0 aliphatic heterocycles. The molecule has 8 nitrogen and oxygen atoms in total. The van der Waals surface area contributed by atoms with Crippen LogP contribution < -0.4 is 10.7 Å². The molecular weight excluding hydrogens is 324 g/mol. The molecule has 3 N–H and O–H groups in total. The summed E-state index contributed by atoms with van der Waals surface area (Å²) in [5.41, 5.74) is 1.55. The number of nitrogens with zero attached hydrogens (tertiary/aromatic N) is 2. The Morgan fingerprint density at radius 1 is 1.20 bits per heavy atom. The minimum atomic E-state index is -1.18. The molecule has 2 aromatic heterocycles. The highest BCUT2D eigenvalue weighted by Gasteiger charge is 2.18. The molecule has 0 aliphatic carbocycles. The molecule has 0 aliphatic rings. The number of H-pyrrole nitrogens is 1. The molecule has 128 valence electrons. The number of benzene rings is 1. The molecule has 0 spiro atoms. The molecule has 0 fully saturated rings. The molecule has 0 saturated heterocycles. The Kier molecular flexibility index (Phi) is 4.60. The van der Waals surface area contributed by atoms with Crippen molar-refractivity contribution in [3.05, 3.63) is 69.6 Å². The number of carbonyl (C=O) groups is 2. The number of carboxylic acid groups (broad SMARTS) is 1. The highest BCUT2D eigenvalue weighted by atomic mass is 16.4. The van der Waals surface area contributed by atoms with E-state index in [0.717, 1.165) is 12.0 Å². The largest absolute Gasteiger partial charge is 0.480 e. The maximum Gasteiger partial charge on any atom is 0.322 e. The van der Waals surface area contributed by atoms with Gasteiger partial charge in [-0.2, -0.15) is 5.10 Å². The molecule has 0 bridgehead atoms. The van der Waals surface area contributed by atoms with Gasteiger partial charge in [-0.25, -0.2) is 9.73 Å². The molecule has 2 heterocycles. The number of nitrogens with one attached hydrogen (secondary N) is 2. The first-order chi connectivity index (χ1) is 12.1. The van der Waals surface area contributed by atoms with Crippen molar-refractivity contribution in [3.8, 4) is 0 Å². The van der Waals surface area contributed by atoms with Gasteiger partial charge in [-0.3, -0.25) is 14.4 Å². The van der Waals surface area contributed by atoms with Crippen molar-refractivity contribution in [1.29, 1.82) is 0 Å². The number of amides is 1. The van der Waals surface area contributed by atoms with E-state index >= 15 is 0 Å². The van der Waals surface area contributed by atoms with Gasteiger partial charge in [0.25, 0.3) is 5.91 Å². The third-order valence-electron chi connectivity index (χ3n) is 3.81. The lowest BCUT2D eigenvalue weighted by atomic mass is 10.1. The maximum absolute atomic E-state index is 12.4. The summed E-state index contributed by atoms with van der Waals surface area (Å²) in [5, 5.41) is 17.5. The number of hydrogen-bond acceptors (Lipinski definition) is 4. The third kappa shape index (κ3) is 3.57. The van der Waals surface area contributed by atoms with Crippen LogP contribution in [0.3, 0.4) is 0 Å². The number of hydrogen-bond donors (Lipinski definition) is 3. The zero-order valence-electron chi connectivity index (χ0n) is 13.2. The normalized spacial score (nSPS) is 10.7. The smallest absolute Gasteiger partial charge is 0.322 e. The molecule has 3 aromatic rings. The van der Waals surface area contributed by atoms with Crippen LogP contribution in [0.1, 0.15) is 21.6 Å². The lowest BCUT2D eigenvalue weighted by Gasteiger charge is -2.08. The van der Waals surface area contributed by atoms with E-state index in [2.05, 4.69) is 15.6 Å². The summed E-state index contributed by atoms with van der Waals surface area (Å²) in [6.45, 7) is -0.557. The van der Waals surface area contributed by atoms with Crippen molar-refractivity contribution in [2.24, 2.45) is 0 Å². The van der Waals surface area contributed by atoms with Gasteiger partial charge in [0.15, 0.2) is 5.43 Å². The zero-order chi connectivity index (χ0) is 17.8. The van der Waals surface area contributed by atoms with Gasteiger partial charge in [0.2, 0.25) is 0 Å². The number of aromatic amines is 1. The molecule has 0 unspecified atom stereocenters. The van der Waals surface area contributed by atoms with Crippen molar-refractivity contribution < 1.29 is 14.7 Å². The van der Waals surface area contributed by atoms with Gasteiger partial charge < -0.3 is 10.4 Å². The van der Waals surface area contributed by atoms with Crippen LogP contribution in [0.2, 0.25) is 0 Å². The maximum atomic E-state index is 12.4. The van der Waals surface area contributed by atoms with Gasteiger partial charge in [0.1, 0.15) is 17.6 Å². The number of aliphatic carboxylic acids is 1. The predicted octanol–water partition coefficient (Wildman–Crippen LogP) is 0.622. The van der Waals surface area contributed by atoms with Crippen LogP contribution in [0.4, 0.5) is 0 Å². The minimum absolute atomic E-state index is 0.126. The van der Waals surface area contributed by atoms with Gasteiger partial charge in [0, 0.05) is 11.8 Å². The van der Waals surface area contributed by atoms with Crippen LogP contribution in [-0.4, -0.2) is 38.4 Å². The monoisotopic (exact) mass is 340 g/mol. The van der Waals surface area contributed by atoms with Gasteiger partial charge in [0.05, 0.1) is 6.20 Å². The number of carbonyl (C=O) groups excluding carboxylic acids is 1. The van der Waals surface area contributed by atoms with Crippen LogP contribution in [0.15, 0.2) is 47.4 Å². The summed E-state index contributed by atoms with van der Waals surface area (Å²) >= 11 is 0. The van der Waals surface area contributed by atoms with Gasteiger partial charge in [-0.15, -0.1) is 0 Å². The summed E-state index contributed by atoms with van der Waals surface area (Å²) in [5.74, 6) is -1.92. The molecule has 8 heteroatoms. The third-order valence-corrected chi connectivity index (χ3v) is 3.81. The van der Waals surface area contributed by atoms with E-state index < -0.39 is 23.9 Å². The van der Waals surface area contributed by atoms with Crippen LogP contribution in [-0.2, 0) is 17.6 Å². The van der Waals surface area contributed by atoms with Gasteiger partial charge >= 0.3 is 5.97 Å². The minimum Gasteiger partial charge on any atom is -0.480 e. The van der Waals surface area contributed by atoms with Crippen LogP contribution in [0, 0.1) is 0 Å². The Balaban J connectivity index is 1.91. The fourth-order valence-corrected chi connectivity index (χ4v) is 2.64. The molecule has 0 saturated carbocycles. The van der Waals surface area contributed by atoms with E-state index in [1.807, 2.05) is 30.3 Å². The first-order valence-electron chi connectivity index (χ1n) is 7.68. The summed E-state index contributed by atoms with van der Waals surface area (Å²) in [7, 11) is 0. The van der Waals surface area contributed by atoms with E-state index in [-0.39, 0.29) is 5.56 Å². The van der Waals surface area contributed by atoms with Crippen LogP contribution in [0.5, 0.6) is 0 Å². The van der Waals surface area contributed by atoms with Crippen LogP contribution in [0.25, 0.3) is 5.52 Å². The van der Waals surface area contributed by atoms with E-state index in [1.165, 1.54) is 12.3 Å². The second-order valence-electron chi connectivity index (χ2n) is 5.52. The lowest BCUT2D eigenvalue weighted by Crippen LogP contribution is -2.33. The zero-order valence-corrected chi connectivity index (χ0v) is 13.2. The van der Waals surface area contributed by atoms with E-state index in [1.54, 1.807) is 4.52 Å². The molecule has 1 amide bonds. The Morgan fingerprint density at radius 2 is 1.96 bits per heavy atom. The molecule has 0 atom stereocenters. The topological polar surface area (TPSA) is 117 Å². The fraction of sp³-hybridized carbons (Fsp3) is 0.176. The average Bonchev–Trinajstić information content (AvgIpc) is 3.08. The lowest BCUT2D eigenvalue weighted by molar-refractivity contribution is -0.135. The van der Waals surface area contributed by atoms with Crippen molar-refractivity contribution in [2.45, 2.75) is 12.8 Å². The molecule has 25 heavy (non-hydrogen) atoms. The Bertz CT molecular complexity index is 975. The summed E-state index contributed by atoms with van der Waals surface area (Å²) in [6.07, 6.45) is 2.69. The highest BCUT2D eigenvalue weighted by molar-refractivity contribution is 6.01. The Morgan fingerprint density at radius 3 is 2.68 bits per heavy atom. The number of aromatic nitrogens is 3. The first-order valence-corrected chi connectivity index (χ1v) is 7.68. The fourth-order valence-electron chi connectivity index (χ4n) is 2.64. The SMILES string of the molecule is O=C(O)CNC(=O)c1c(=O)cc(CCc2ccccc2)n2[nH]ncc12. The van der Waals surface area contributed by atoms with E-state index in [9.17, 15) is 14.4 Å². The van der Waals surface area contributed by atoms with Crippen molar-refractivity contribution in [3.63, 3.8) is 0 Å². The summed E-state index contributed by atoms with van der Waals surface area (Å²) in [4.78, 5) is 35.1. The van der Waals surface area contributed by atoms with Crippen molar-refractivity contribution in [1.82, 2.24) is 20.1 Å². The Labute approximate surface area is 142 Å². The van der Waals surface area contributed by atoms with E-state index in [4.69, 9.17) is 5.11 Å². The number of pyridine rings is 1. The Hall–Kier alpha value is -3.42. The van der Waals surface area contributed by atoms with E-state index in [0.29, 0.717) is 17.6 Å². The molecule has 1 aromatic carbocycles. The van der Waals surface area contributed by atoms with Crippen molar-refractivity contribution in [2.75, 3.05) is 6.54 Å². The first kappa shape index (κ1) is 16.4. The number of rotatable bonds is 6.